The van der Waals surface area contributed by atoms with Gasteiger partial charge in [-0.2, -0.15) is 0 Å². The Hall–Kier alpha value is -2.36. The van der Waals surface area contributed by atoms with Crippen molar-refractivity contribution in [3.05, 3.63) is 42.5 Å². The maximum absolute atomic E-state index is 5.95. The topological polar surface area (TPSA) is 53.7 Å². The van der Waals surface area contributed by atoms with Crippen LogP contribution in [0.4, 0.5) is 5.69 Å². The first-order valence-corrected chi connectivity index (χ1v) is 6.57. The van der Waals surface area contributed by atoms with Gasteiger partial charge in [-0.05, 0) is 30.7 Å². The van der Waals surface area contributed by atoms with Crippen LogP contribution < -0.4 is 19.9 Å². The third kappa shape index (κ3) is 3.35. The summed E-state index contributed by atoms with van der Waals surface area (Å²) in [6, 6.07) is 12.9. The number of para-hydroxylation sites is 2. The first-order chi connectivity index (χ1) is 9.74. The lowest BCUT2D eigenvalue weighted by molar-refractivity contribution is 0.302. The summed E-state index contributed by atoms with van der Waals surface area (Å²) in [5.74, 6) is 2.64. The minimum Gasteiger partial charge on any atom is -0.497 e. The number of hydrogen-bond donors (Lipinski definition) is 1. The molecule has 0 saturated carbocycles. The SMILES string of the molecule is CCCOc1ccccc1Oc1ccc(OC)cc1N. The highest BCUT2D eigenvalue weighted by Gasteiger charge is 2.08. The summed E-state index contributed by atoms with van der Waals surface area (Å²) in [6.07, 6.45) is 0.943. The molecule has 20 heavy (non-hydrogen) atoms. The quantitative estimate of drug-likeness (QED) is 0.812. The molecule has 0 spiro atoms. The Labute approximate surface area is 119 Å². The van der Waals surface area contributed by atoms with Gasteiger partial charge < -0.3 is 19.9 Å². The Morgan fingerprint density at radius 3 is 2.40 bits per heavy atom. The third-order valence-corrected chi connectivity index (χ3v) is 2.75. The molecule has 0 bridgehead atoms. The second-order valence-corrected chi connectivity index (χ2v) is 4.30. The van der Waals surface area contributed by atoms with Crippen molar-refractivity contribution in [2.45, 2.75) is 13.3 Å². The Kier molecular flexibility index (Phi) is 4.71. The molecule has 0 unspecified atom stereocenters. The lowest BCUT2D eigenvalue weighted by Gasteiger charge is -2.13. The van der Waals surface area contributed by atoms with Gasteiger partial charge >= 0.3 is 0 Å². The minimum absolute atomic E-state index is 0.523. The second kappa shape index (κ2) is 6.70. The maximum Gasteiger partial charge on any atom is 0.169 e. The van der Waals surface area contributed by atoms with Crippen LogP contribution in [-0.4, -0.2) is 13.7 Å². The van der Waals surface area contributed by atoms with E-state index in [9.17, 15) is 0 Å². The molecule has 0 saturated heterocycles. The maximum atomic E-state index is 5.95. The number of benzene rings is 2. The van der Waals surface area contributed by atoms with E-state index in [0.717, 1.165) is 6.42 Å². The zero-order chi connectivity index (χ0) is 14.4. The van der Waals surface area contributed by atoms with E-state index >= 15 is 0 Å². The lowest BCUT2D eigenvalue weighted by Crippen LogP contribution is -1.98. The van der Waals surface area contributed by atoms with Crippen molar-refractivity contribution in [2.24, 2.45) is 0 Å². The van der Waals surface area contributed by atoms with Crippen molar-refractivity contribution in [1.82, 2.24) is 0 Å². The van der Waals surface area contributed by atoms with Gasteiger partial charge in [-0.1, -0.05) is 19.1 Å². The van der Waals surface area contributed by atoms with E-state index in [1.165, 1.54) is 0 Å². The lowest BCUT2D eigenvalue weighted by atomic mass is 10.2. The fraction of sp³-hybridized carbons (Fsp3) is 0.250. The predicted octanol–water partition coefficient (Wildman–Crippen LogP) is 3.86. The van der Waals surface area contributed by atoms with Gasteiger partial charge in [0.15, 0.2) is 17.2 Å². The van der Waals surface area contributed by atoms with Crippen LogP contribution in [0.3, 0.4) is 0 Å². The first-order valence-electron chi connectivity index (χ1n) is 6.57. The van der Waals surface area contributed by atoms with E-state index in [0.29, 0.717) is 35.3 Å². The van der Waals surface area contributed by atoms with Crippen molar-refractivity contribution in [1.29, 1.82) is 0 Å². The van der Waals surface area contributed by atoms with Crippen LogP contribution >= 0.6 is 0 Å². The summed E-state index contributed by atoms with van der Waals surface area (Å²) in [5, 5.41) is 0. The molecule has 0 aliphatic heterocycles. The number of methoxy groups -OCH3 is 1. The van der Waals surface area contributed by atoms with Crippen molar-refractivity contribution in [3.8, 4) is 23.0 Å². The zero-order valence-electron chi connectivity index (χ0n) is 11.8. The molecule has 2 aromatic rings. The second-order valence-electron chi connectivity index (χ2n) is 4.30. The molecule has 0 radical (unpaired) electrons. The van der Waals surface area contributed by atoms with Gasteiger partial charge in [0, 0.05) is 6.07 Å². The average Bonchev–Trinajstić information content (AvgIpc) is 2.48. The number of nitrogens with two attached hydrogens (primary N) is 1. The van der Waals surface area contributed by atoms with E-state index in [1.807, 2.05) is 24.3 Å². The highest BCUT2D eigenvalue weighted by Crippen LogP contribution is 2.35. The molecule has 4 nitrogen and oxygen atoms in total. The Bertz CT molecular complexity index is 569. The van der Waals surface area contributed by atoms with Crippen LogP contribution in [0.2, 0.25) is 0 Å². The van der Waals surface area contributed by atoms with Crippen LogP contribution in [-0.2, 0) is 0 Å². The van der Waals surface area contributed by atoms with E-state index in [4.69, 9.17) is 19.9 Å². The molecule has 0 fully saturated rings. The molecule has 0 heterocycles. The number of ether oxygens (including phenoxy) is 3. The number of hydrogen-bond acceptors (Lipinski definition) is 4. The monoisotopic (exact) mass is 273 g/mol. The summed E-state index contributed by atoms with van der Waals surface area (Å²) in [7, 11) is 1.60. The molecule has 0 amide bonds. The molecule has 2 rings (SSSR count). The van der Waals surface area contributed by atoms with Gasteiger partial charge in [-0.15, -0.1) is 0 Å². The van der Waals surface area contributed by atoms with E-state index in [-0.39, 0.29) is 0 Å². The molecular weight excluding hydrogens is 254 g/mol. The fourth-order valence-electron chi connectivity index (χ4n) is 1.73. The van der Waals surface area contributed by atoms with Gasteiger partial charge in [0.2, 0.25) is 0 Å². The van der Waals surface area contributed by atoms with Crippen molar-refractivity contribution in [3.63, 3.8) is 0 Å². The van der Waals surface area contributed by atoms with Crippen molar-refractivity contribution in [2.75, 3.05) is 19.5 Å². The Morgan fingerprint density at radius 1 is 1.00 bits per heavy atom. The standard InChI is InChI=1S/C16H19NO3/c1-3-10-19-15-6-4-5-7-16(15)20-14-9-8-12(18-2)11-13(14)17/h4-9,11H,3,10,17H2,1-2H3. The summed E-state index contributed by atoms with van der Waals surface area (Å²) in [4.78, 5) is 0. The molecule has 2 N–H and O–H groups in total. The van der Waals surface area contributed by atoms with Crippen molar-refractivity contribution < 1.29 is 14.2 Å². The smallest absolute Gasteiger partial charge is 0.169 e. The van der Waals surface area contributed by atoms with Crippen LogP contribution in [0.1, 0.15) is 13.3 Å². The third-order valence-electron chi connectivity index (χ3n) is 2.75. The largest absolute Gasteiger partial charge is 0.497 e. The summed E-state index contributed by atoms with van der Waals surface area (Å²) >= 11 is 0. The predicted molar refractivity (Wildman–Crippen MR) is 79.7 cm³/mol. The number of anilines is 1. The molecule has 106 valence electrons. The molecule has 2 aromatic carbocycles. The molecular formula is C16H19NO3. The van der Waals surface area contributed by atoms with Crippen LogP contribution in [0.25, 0.3) is 0 Å². The normalized spacial score (nSPS) is 10.1. The summed E-state index contributed by atoms with van der Waals surface area (Å²) in [6.45, 7) is 2.71. The number of rotatable bonds is 6. The Morgan fingerprint density at radius 2 is 1.75 bits per heavy atom. The van der Waals surface area contributed by atoms with Gasteiger partial charge in [-0.25, -0.2) is 0 Å². The summed E-state index contributed by atoms with van der Waals surface area (Å²) in [5.41, 5.74) is 6.47. The van der Waals surface area contributed by atoms with E-state index in [2.05, 4.69) is 6.92 Å². The minimum atomic E-state index is 0.523. The Balaban J connectivity index is 2.21. The zero-order valence-corrected chi connectivity index (χ0v) is 11.8. The van der Waals surface area contributed by atoms with Crippen LogP contribution in [0, 0.1) is 0 Å². The first kappa shape index (κ1) is 14.1. The van der Waals surface area contributed by atoms with Crippen LogP contribution in [0.15, 0.2) is 42.5 Å². The van der Waals surface area contributed by atoms with E-state index < -0.39 is 0 Å². The fourth-order valence-corrected chi connectivity index (χ4v) is 1.73. The molecule has 0 aromatic heterocycles. The highest BCUT2D eigenvalue weighted by molar-refractivity contribution is 5.58. The van der Waals surface area contributed by atoms with E-state index in [1.54, 1.807) is 25.3 Å². The molecule has 0 atom stereocenters. The van der Waals surface area contributed by atoms with Crippen LogP contribution in [0.5, 0.6) is 23.0 Å². The van der Waals surface area contributed by atoms with Gasteiger partial charge in [0.05, 0.1) is 19.4 Å². The number of nitrogen functional groups attached to an aromatic ring is 1. The molecule has 0 aliphatic carbocycles. The highest BCUT2D eigenvalue weighted by atomic mass is 16.5. The van der Waals surface area contributed by atoms with Gasteiger partial charge in [0.25, 0.3) is 0 Å². The molecule has 4 heteroatoms. The van der Waals surface area contributed by atoms with Crippen molar-refractivity contribution >= 4 is 5.69 Å². The van der Waals surface area contributed by atoms with Gasteiger partial charge in [0.1, 0.15) is 5.75 Å². The average molecular weight is 273 g/mol. The molecule has 0 aliphatic rings. The van der Waals surface area contributed by atoms with Gasteiger partial charge in [-0.3, -0.25) is 0 Å². The summed E-state index contributed by atoms with van der Waals surface area (Å²) < 4.78 is 16.6.